The molecule has 0 saturated carbocycles. The van der Waals surface area contributed by atoms with Crippen molar-refractivity contribution in [2.75, 3.05) is 43.9 Å². The van der Waals surface area contributed by atoms with Crippen molar-refractivity contribution in [2.24, 2.45) is 0 Å². The average molecular weight is 369 g/mol. The van der Waals surface area contributed by atoms with Gasteiger partial charge in [-0.25, -0.2) is 9.97 Å². The fourth-order valence-corrected chi connectivity index (χ4v) is 2.41. The van der Waals surface area contributed by atoms with E-state index < -0.39 is 0 Å². The van der Waals surface area contributed by atoms with Crippen LogP contribution in [0.3, 0.4) is 0 Å². The maximum absolute atomic E-state index is 12.1. The molecule has 2 aromatic rings. The predicted molar refractivity (Wildman–Crippen MR) is 96.6 cm³/mol. The van der Waals surface area contributed by atoms with Crippen molar-refractivity contribution in [2.45, 2.75) is 6.10 Å². The normalized spacial score (nSPS) is 16.2. The Morgan fingerprint density at radius 1 is 1.41 bits per heavy atom. The van der Waals surface area contributed by atoms with E-state index in [9.17, 15) is 4.79 Å². The van der Waals surface area contributed by atoms with Gasteiger partial charge in [0.05, 0.1) is 36.4 Å². The Kier molecular flexibility index (Phi) is 6.03. The number of hydrogen-bond acceptors (Lipinski definition) is 10. The Labute approximate surface area is 155 Å². The van der Waals surface area contributed by atoms with Crippen LogP contribution in [0.5, 0.6) is 0 Å². The van der Waals surface area contributed by atoms with Gasteiger partial charge in [0.2, 0.25) is 5.95 Å². The Balaban J connectivity index is 1.76. The summed E-state index contributed by atoms with van der Waals surface area (Å²) in [5.41, 5.74) is 1.03. The van der Waals surface area contributed by atoms with Crippen molar-refractivity contribution < 1.29 is 9.53 Å². The molecule has 2 aromatic heterocycles. The Bertz CT molecular complexity index is 829. The molecular formula is C16H19N9O2. The lowest BCUT2D eigenvalue weighted by molar-refractivity contribution is 0.0372. The number of amides is 1. The van der Waals surface area contributed by atoms with Gasteiger partial charge in [-0.2, -0.15) is 5.26 Å². The maximum Gasteiger partial charge on any atom is 0.273 e. The van der Waals surface area contributed by atoms with Crippen LogP contribution < -0.4 is 21.3 Å². The summed E-state index contributed by atoms with van der Waals surface area (Å²) in [4.78, 5) is 20.1. The highest BCUT2D eigenvalue weighted by atomic mass is 16.5. The summed E-state index contributed by atoms with van der Waals surface area (Å²) in [6, 6.07) is 3.60. The van der Waals surface area contributed by atoms with Crippen LogP contribution in [-0.2, 0) is 4.74 Å². The number of rotatable bonds is 6. The van der Waals surface area contributed by atoms with Gasteiger partial charge in [0.15, 0.2) is 11.5 Å². The molecule has 11 nitrogen and oxygen atoms in total. The van der Waals surface area contributed by atoms with E-state index in [1.807, 2.05) is 6.07 Å². The van der Waals surface area contributed by atoms with Crippen LogP contribution in [0.25, 0.3) is 0 Å². The molecule has 0 radical (unpaired) electrons. The first-order valence-electron chi connectivity index (χ1n) is 8.34. The molecule has 0 aromatic carbocycles. The zero-order valence-electron chi connectivity index (χ0n) is 14.7. The highest BCUT2D eigenvalue weighted by Gasteiger charge is 2.18. The number of ether oxygens (including phenoxy) is 1. The molecule has 3 rings (SSSR count). The maximum atomic E-state index is 12.1. The summed E-state index contributed by atoms with van der Waals surface area (Å²) in [6.45, 7) is 2.71. The van der Waals surface area contributed by atoms with Crippen molar-refractivity contribution in [3.05, 3.63) is 29.7 Å². The van der Waals surface area contributed by atoms with Gasteiger partial charge in [0, 0.05) is 32.7 Å². The second kappa shape index (κ2) is 8.84. The number of nitrogens with zero attached hydrogens (tertiary/aromatic N) is 5. The van der Waals surface area contributed by atoms with Gasteiger partial charge in [-0.3, -0.25) is 4.79 Å². The minimum atomic E-state index is -0.353. The molecule has 1 amide bonds. The quantitative estimate of drug-likeness (QED) is 0.531. The number of aromatic nitrogens is 4. The first kappa shape index (κ1) is 18.4. The van der Waals surface area contributed by atoms with E-state index in [0.717, 1.165) is 13.1 Å². The molecule has 1 aliphatic heterocycles. The van der Waals surface area contributed by atoms with Crippen LogP contribution in [0.1, 0.15) is 16.1 Å². The zero-order valence-corrected chi connectivity index (χ0v) is 14.7. The van der Waals surface area contributed by atoms with E-state index >= 15 is 0 Å². The minimum absolute atomic E-state index is 0.0114. The molecule has 1 atom stereocenters. The van der Waals surface area contributed by atoms with E-state index in [2.05, 4.69) is 41.4 Å². The summed E-state index contributed by atoms with van der Waals surface area (Å²) < 4.78 is 5.65. The lowest BCUT2D eigenvalue weighted by atomic mass is 10.2. The van der Waals surface area contributed by atoms with Gasteiger partial charge in [-0.15, -0.1) is 10.2 Å². The second-order valence-electron chi connectivity index (χ2n) is 5.68. The molecule has 0 bridgehead atoms. The number of morpholine rings is 1. The van der Waals surface area contributed by atoms with E-state index in [1.54, 1.807) is 6.07 Å². The number of nitrogens with one attached hydrogen (secondary N) is 4. The molecule has 1 aliphatic rings. The van der Waals surface area contributed by atoms with Crippen LogP contribution in [0.4, 0.5) is 17.5 Å². The summed E-state index contributed by atoms with van der Waals surface area (Å²) in [5.74, 6) is 0.271. The van der Waals surface area contributed by atoms with Gasteiger partial charge in [-0.05, 0) is 0 Å². The topological polar surface area (TPSA) is 150 Å². The van der Waals surface area contributed by atoms with Gasteiger partial charge < -0.3 is 26.0 Å². The number of anilines is 3. The SMILES string of the molecule is CNC(=O)c1nnc(Nc2ncc(C#N)cn2)cc1NC[C@@H]1CNCCO1. The van der Waals surface area contributed by atoms with Gasteiger partial charge in [-0.1, -0.05) is 0 Å². The van der Waals surface area contributed by atoms with Crippen LogP contribution in [-0.4, -0.2) is 65.5 Å². The van der Waals surface area contributed by atoms with E-state index in [0.29, 0.717) is 30.2 Å². The first-order valence-corrected chi connectivity index (χ1v) is 8.34. The molecule has 140 valence electrons. The molecular weight excluding hydrogens is 350 g/mol. The largest absolute Gasteiger partial charge is 0.380 e. The third-order valence-corrected chi connectivity index (χ3v) is 3.78. The molecule has 0 aliphatic carbocycles. The Morgan fingerprint density at radius 2 is 2.22 bits per heavy atom. The fraction of sp³-hybridized carbons (Fsp3) is 0.375. The first-order chi connectivity index (χ1) is 13.2. The molecule has 4 N–H and O–H groups in total. The molecule has 27 heavy (non-hydrogen) atoms. The standard InChI is InChI=1S/C16H19N9O2/c1-18-15(26)14-12(20-9-11-8-19-2-3-27-11)4-13(24-25-14)23-16-21-6-10(5-17)7-22-16/h4,6-7,11,19H,2-3,8-9H2,1H3,(H,18,26)(H2,20,21,22,23,24)/t11-/m0/s1. The van der Waals surface area contributed by atoms with Crippen molar-refractivity contribution in [1.29, 1.82) is 5.26 Å². The Morgan fingerprint density at radius 3 is 2.89 bits per heavy atom. The van der Waals surface area contributed by atoms with Gasteiger partial charge in [0.1, 0.15) is 6.07 Å². The number of nitriles is 1. The molecule has 0 unspecified atom stereocenters. The lowest BCUT2D eigenvalue weighted by Gasteiger charge is -2.24. The highest BCUT2D eigenvalue weighted by Crippen LogP contribution is 2.19. The summed E-state index contributed by atoms with van der Waals surface area (Å²) in [6.07, 6.45) is 2.78. The van der Waals surface area contributed by atoms with Gasteiger partial charge in [0.25, 0.3) is 5.91 Å². The van der Waals surface area contributed by atoms with Crippen LogP contribution >= 0.6 is 0 Å². The van der Waals surface area contributed by atoms with Crippen molar-refractivity contribution in [3.8, 4) is 6.07 Å². The fourth-order valence-electron chi connectivity index (χ4n) is 2.41. The molecule has 0 spiro atoms. The van der Waals surface area contributed by atoms with E-state index in [-0.39, 0.29) is 23.7 Å². The monoisotopic (exact) mass is 369 g/mol. The van der Waals surface area contributed by atoms with Crippen LogP contribution in [0.15, 0.2) is 18.5 Å². The highest BCUT2D eigenvalue weighted by molar-refractivity contribution is 5.97. The van der Waals surface area contributed by atoms with Crippen molar-refractivity contribution >= 4 is 23.4 Å². The lowest BCUT2D eigenvalue weighted by Crippen LogP contribution is -2.42. The minimum Gasteiger partial charge on any atom is -0.380 e. The van der Waals surface area contributed by atoms with Crippen molar-refractivity contribution in [3.63, 3.8) is 0 Å². The number of carbonyl (C=O) groups excluding carboxylic acids is 1. The van der Waals surface area contributed by atoms with E-state index in [4.69, 9.17) is 10.00 Å². The molecule has 1 saturated heterocycles. The Hall–Kier alpha value is -3.36. The molecule has 3 heterocycles. The number of carbonyl (C=O) groups is 1. The average Bonchev–Trinajstić information content (AvgIpc) is 2.73. The summed E-state index contributed by atoms with van der Waals surface area (Å²) in [7, 11) is 1.53. The summed E-state index contributed by atoms with van der Waals surface area (Å²) in [5, 5.41) is 28.7. The van der Waals surface area contributed by atoms with Gasteiger partial charge >= 0.3 is 0 Å². The second-order valence-corrected chi connectivity index (χ2v) is 5.68. The summed E-state index contributed by atoms with van der Waals surface area (Å²) >= 11 is 0. The third-order valence-electron chi connectivity index (χ3n) is 3.78. The smallest absolute Gasteiger partial charge is 0.273 e. The van der Waals surface area contributed by atoms with E-state index in [1.165, 1.54) is 19.4 Å². The van der Waals surface area contributed by atoms with Crippen molar-refractivity contribution in [1.82, 2.24) is 30.8 Å². The molecule has 11 heteroatoms. The predicted octanol–water partition coefficient (Wildman–Crippen LogP) is -0.358. The number of hydrogen-bond donors (Lipinski definition) is 4. The molecule has 1 fully saturated rings. The zero-order chi connectivity index (χ0) is 19.1. The van der Waals surface area contributed by atoms with Crippen LogP contribution in [0.2, 0.25) is 0 Å². The third kappa shape index (κ3) is 4.84. The van der Waals surface area contributed by atoms with Crippen LogP contribution in [0, 0.1) is 11.3 Å².